The first-order valence-electron chi connectivity index (χ1n) is 9.19. The molecule has 0 saturated carbocycles. The van der Waals surface area contributed by atoms with Gasteiger partial charge >= 0.3 is 11.9 Å². The van der Waals surface area contributed by atoms with Gasteiger partial charge in [-0.05, 0) is 44.3 Å². The first kappa shape index (κ1) is 24.3. The van der Waals surface area contributed by atoms with Crippen molar-refractivity contribution in [1.29, 1.82) is 0 Å². The van der Waals surface area contributed by atoms with Crippen molar-refractivity contribution < 1.29 is 28.9 Å². The molecule has 1 atom stereocenters. The summed E-state index contributed by atoms with van der Waals surface area (Å²) in [5, 5.41) is 15.8. The summed E-state index contributed by atoms with van der Waals surface area (Å²) in [5.41, 5.74) is 1.20. The maximum Gasteiger partial charge on any atom is 0.303 e. The molecule has 2 aromatic carbocycles. The maximum absolute atomic E-state index is 13.6. The van der Waals surface area contributed by atoms with Crippen LogP contribution in [0.4, 0.5) is 4.39 Å². The van der Waals surface area contributed by atoms with E-state index in [1.165, 1.54) is 6.07 Å². The number of ether oxygens (including phenoxy) is 1. The highest BCUT2D eigenvalue weighted by Crippen LogP contribution is 2.33. The average Bonchev–Trinajstić information content (AvgIpc) is 2.67. The van der Waals surface area contributed by atoms with Gasteiger partial charge in [-0.1, -0.05) is 42.5 Å². The predicted octanol–water partition coefficient (Wildman–Crippen LogP) is 3.60. The molecule has 0 aliphatic carbocycles. The van der Waals surface area contributed by atoms with Gasteiger partial charge in [0.1, 0.15) is 11.4 Å². The lowest BCUT2D eigenvalue weighted by Crippen LogP contribution is -2.31. The first-order chi connectivity index (χ1) is 13.6. The Hall–Kier alpha value is -2.77. The number of benzene rings is 2. The van der Waals surface area contributed by atoms with Gasteiger partial charge in [-0.3, -0.25) is 9.59 Å². The smallest absolute Gasteiger partial charge is 0.303 e. The number of aliphatic carboxylic acids is 2. The van der Waals surface area contributed by atoms with E-state index >= 15 is 0 Å². The Labute approximate surface area is 170 Å². The molecule has 0 spiro atoms. The van der Waals surface area contributed by atoms with Crippen molar-refractivity contribution in [3.8, 4) is 0 Å². The highest BCUT2D eigenvalue weighted by atomic mass is 19.1. The number of hydrogen-bond acceptors (Lipinski definition) is 4. The first-order valence-corrected chi connectivity index (χ1v) is 9.19. The number of hydrogen-bond donors (Lipinski definition) is 2. The molecule has 0 amide bonds. The van der Waals surface area contributed by atoms with Gasteiger partial charge in [0.15, 0.2) is 0 Å². The van der Waals surface area contributed by atoms with E-state index in [9.17, 15) is 14.0 Å². The minimum Gasteiger partial charge on any atom is -0.481 e. The summed E-state index contributed by atoms with van der Waals surface area (Å²) in [7, 11) is 4.01. The summed E-state index contributed by atoms with van der Waals surface area (Å²) in [6, 6.07) is 16.6. The van der Waals surface area contributed by atoms with Crippen LogP contribution < -0.4 is 0 Å². The zero-order valence-corrected chi connectivity index (χ0v) is 17.0. The summed E-state index contributed by atoms with van der Waals surface area (Å²) in [4.78, 5) is 21.3. The second-order valence-corrected chi connectivity index (χ2v) is 6.85. The topological polar surface area (TPSA) is 87.1 Å². The van der Waals surface area contributed by atoms with E-state index in [2.05, 4.69) is 4.90 Å². The van der Waals surface area contributed by atoms with Crippen LogP contribution in [0.15, 0.2) is 54.6 Å². The molecule has 6 nitrogen and oxygen atoms in total. The molecule has 7 heteroatoms. The second-order valence-electron chi connectivity index (χ2n) is 6.85. The Morgan fingerprint density at radius 2 is 1.52 bits per heavy atom. The maximum atomic E-state index is 13.6. The van der Waals surface area contributed by atoms with Gasteiger partial charge in [-0.2, -0.15) is 0 Å². The fourth-order valence-electron chi connectivity index (χ4n) is 2.52. The van der Waals surface area contributed by atoms with Gasteiger partial charge in [-0.15, -0.1) is 0 Å². The molecule has 0 radical (unpaired) electrons. The van der Waals surface area contributed by atoms with Crippen LogP contribution in [-0.2, 0) is 19.9 Å². The summed E-state index contributed by atoms with van der Waals surface area (Å²) >= 11 is 0. The van der Waals surface area contributed by atoms with Crippen LogP contribution in [-0.4, -0.2) is 54.3 Å². The van der Waals surface area contributed by atoms with Gasteiger partial charge in [0.25, 0.3) is 0 Å². The van der Waals surface area contributed by atoms with E-state index in [0.717, 1.165) is 17.7 Å². The molecule has 0 aliphatic heterocycles. The quantitative estimate of drug-likeness (QED) is 0.663. The summed E-state index contributed by atoms with van der Waals surface area (Å²) < 4.78 is 19.8. The number of rotatable bonds is 9. The van der Waals surface area contributed by atoms with Gasteiger partial charge in [-0.25, -0.2) is 4.39 Å². The standard InChI is InChI=1S/C18H22FNO.C4H6O4/c1-18(21-13-12-20(2)3,15-8-5-4-6-9-15)16-10-7-11-17(19)14-16;5-3(6)1-2-4(7)8/h4-11,14H,12-13H2,1-3H3;1-2H2,(H,5,6)(H,7,8). The van der Waals surface area contributed by atoms with Crippen molar-refractivity contribution in [2.45, 2.75) is 25.4 Å². The molecule has 0 heterocycles. The van der Waals surface area contributed by atoms with E-state index in [0.29, 0.717) is 6.61 Å². The summed E-state index contributed by atoms with van der Waals surface area (Å²) in [6.45, 7) is 3.39. The number of carbonyl (C=O) groups is 2. The Kier molecular flexibility index (Phi) is 9.99. The van der Waals surface area contributed by atoms with E-state index in [1.807, 2.05) is 57.4 Å². The third-order valence-electron chi connectivity index (χ3n) is 4.18. The number of nitrogens with zero attached hydrogens (tertiary/aromatic N) is 1. The Balaban J connectivity index is 0.000000447. The zero-order chi connectivity index (χ0) is 21.9. The van der Waals surface area contributed by atoms with Crippen LogP contribution in [0.1, 0.15) is 30.9 Å². The van der Waals surface area contributed by atoms with Crippen LogP contribution in [0.3, 0.4) is 0 Å². The van der Waals surface area contributed by atoms with Crippen molar-refractivity contribution >= 4 is 11.9 Å². The highest BCUT2D eigenvalue weighted by molar-refractivity contribution is 5.75. The fraction of sp³-hybridized carbons (Fsp3) is 0.364. The number of carboxylic acids is 2. The van der Waals surface area contributed by atoms with Crippen LogP contribution in [0, 0.1) is 5.82 Å². The largest absolute Gasteiger partial charge is 0.481 e. The highest BCUT2D eigenvalue weighted by Gasteiger charge is 2.30. The number of likely N-dealkylation sites (N-methyl/N-ethyl adjacent to an activating group) is 1. The summed E-state index contributed by atoms with van der Waals surface area (Å²) in [5.74, 6) is -2.40. The minimum atomic E-state index is -1.08. The lowest BCUT2D eigenvalue weighted by atomic mass is 9.88. The Morgan fingerprint density at radius 3 is 2.00 bits per heavy atom. The Morgan fingerprint density at radius 1 is 0.966 bits per heavy atom. The Bertz CT molecular complexity index is 768. The van der Waals surface area contributed by atoms with Crippen molar-refractivity contribution in [1.82, 2.24) is 4.90 Å². The van der Waals surface area contributed by atoms with Crippen LogP contribution >= 0.6 is 0 Å². The molecule has 0 aliphatic rings. The molecule has 2 aromatic rings. The van der Waals surface area contributed by atoms with Gasteiger partial charge in [0, 0.05) is 6.54 Å². The van der Waals surface area contributed by atoms with Crippen molar-refractivity contribution in [3.05, 3.63) is 71.5 Å². The minimum absolute atomic E-state index is 0.245. The van der Waals surface area contributed by atoms with Crippen LogP contribution in [0.5, 0.6) is 0 Å². The van der Waals surface area contributed by atoms with E-state index in [1.54, 1.807) is 12.1 Å². The molecule has 0 fully saturated rings. The summed E-state index contributed by atoms with van der Waals surface area (Å²) in [6.07, 6.45) is -0.593. The van der Waals surface area contributed by atoms with Gasteiger partial charge in [0.05, 0.1) is 19.4 Å². The van der Waals surface area contributed by atoms with Crippen molar-refractivity contribution in [3.63, 3.8) is 0 Å². The van der Waals surface area contributed by atoms with Gasteiger partial charge in [0.2, 0.25) is 0 Å². The SMILES string of the molecule is CN(C)CCOC(C)(c1ccccc1)c1cccc(F)c1.O=C(O)CCC(=O)O. The third kappa shape index (κ3) is 8.85. The average molecular weight is 405 g/mol. The normalized spacial score (nSPS) is 12.6. The molecule has 0 saturated heterocycles. The second kappa shape index (κ2) is 11.9. The van der Waals surface area contributed by atoms with Crippen molar-refractivity contribution in [2.75, 3.05) is 27.2 Å². The molecule has 158 valence electrons. The van der Waals surface area contributed by atoms with Gasteiger partial charge < -0.3 is 19.8 Å². The molecule has 2 rings (SSSR count). The van der Waals surface area contributed by atoms with Crippen molar-refractivity contribution in [2.24, 2.45) is 0 Å². The molecule has 2 N–H and O–H groups in total. The lowest BCUT2D eigenvalue weighted by Gasteiger charge is -2.32. The molecular weight excluding hydrogens is 377 g/mol. The number of carboxylic acid groups (broad SMARTS) is 2. The zero-order valence-electron chi connectivity index (χ0n) is 17.0. The van der Waals surface area contributed by atoms with Crippen LogP contribution in [0.2, 0.25) is 0 Å². The van der Waals surface area contributed by atoms with E-state index < -0.39 is 17.5 Å². The predicted molar refractivity (Wildman–Crippen MR) is 108 cm³/mol. The lowest BCUT2D eigenvalue weighted by molar-refractivity contribution is -0.143. The molecule has 0 bridgehead atoms. The molecule has 1 unspecified atom stereocenters. The molecule has 0 aromatic heterocycles. The molecule has 29 heavy (non-hydrogen) atoms. The van der Waals surface area contributed by atoms with Crippen LogP contribution in [0.25, 0.3) is 0 Å². The number of halogens is 1. The monoisotopic (exact) mass is 405 g/mol. The molecular formula is C22H28FNO5. The third-order valence-corrected chi connectivity index (χ3v) is 4.18. The van der Waals surface area contributed by atoms with E-state index in [-0.39, 0.29) is 18.7 Å². The fourth-order valence-corrected chi connectivity index (χ4v) is 2.52. The van der Waals surface area contributed by atoms with E-state index in [4.69, 9.17) is 14.9 Å².